The molecule has 4 rings (SSSR count). The predicted octanol–water partition coefficient (Wildman–Crippen LogP) is 1.42. The maximum Gasteiger partial charge on any atom is 0.351 e. The average molecular weight is 334 g/mol. The van der Waals surface area contributed by atoms with E-state index in [1.54, 1.807) is 18.2 Å². The van der Waals surface area contributed by atoms with Crippen LogP contribution >= 0.6 is 0 Å². The van der Waals surface area contributed by atoms with Gasteiger partial charge in [0.05, 0.1) is 7.11 Å². The topological polar surface area (TPSA) is 104 Å². The number of furan rings is 2. The van der Waals surface area contributed by atoms with Crippen molar-refractivity contribution in [1.29, 1.82) is 0 Å². The van der Waals surface area contributed by atoms with Crippen LogP contribution in [0.1, 0.15) is 10.4 Å². The SMILES string of the molecule is COc1c(C(=O)OC2=CC3OC2C(C(=O)O)C3OC)c2ccc1o2. The van der Waals surface area contributed by atoms with Gasteiger partial charge < -0.3 is 28.5 Å². The van der Waals surface area contributed by atoms with Crippen molar-refractivity contribution in [2.45, 2.75) is 18.3 Å². The molecule has 0 aliphatic carbocycles. The Labute approximate surface area is 135 Å². The highest BCUT2D eigenvalue weighted by Crippen LogP contribution is 2.42. The van der Waals surface area contributed by atoms with Crippen LogP contribution in [0, 0.1) is 5.92 Å². The number of rotatable bonds is 5. The van der Waals surface area contributed by atoms with Gasteiger partial charge in [-0.2, -0.15) is 0 Å². The van der Waals surface area contributed by atoms with E-state index in [-0.39, 0.29) is 11.3 Å². The highest BCUT2D eigenvalue weighted by Gasteiger charge is 2.55. The van der Waals surface area contributed by atoms with Crippen molar-refractivity contribution in [3.05, 3.63) is 29.5 Å². The number of ether oxygens (including phenoxy) is 4. The summed E-state index contributed by atoms with van der Waals surface area (Å²) in [6, 6.07) is 3.33. The first-order valence-electron chi connectivity index (χ1n) is 7.29. The van der Waals surface area contributed by atoms with Crippen molar-refractivity contribution in [3.63, 3.8) is 0 Å². The molecule has 1 fully saturated rings. The summed E-state index contributed by atoms with van der Waals surface area (Å²) in [5, 5.41) is 9.37. The fraction of sp³-hybridized carbons (Fsp3) is 0.375. The summed E-state index contributed by atoms with van der Waals surface area (Å²) in [5.41, 5.74) is 0.968. The molecule has 0 spiro atoms. The Hall–Kier alpha value is -2.58. The molecule has 0 saturated carbocycles. The molecule has 2 aliphatic rings. The molecule has 1 saturated heterocycles. The molecule has 4 bridgehead atoms. The Morgan fingerprint density at radius 1 is 1.21 bits per heavy atom. The molecule has 4 unspecified atom stereocenters. The fourth-order valence-corrected chi connectivity index (χ4v) is 3.37. The normalized spacial score (nSPS) is 28.3. The summed E-state index contributed by atoms with van der Waals surface area (Å²) in [4.78, 5) is 23.9. The van der Waals surface area contributed by atoms with Crippen LogP contribution in [0.25, 0.3) is 11.2 Å². The zero-order valence-corrected chi connectivity index (χ0v) is 12.8. The lowest BCUT2D eigenvalue weighted by molar-refractivity contribution is -0.146. The van der Waals surface area contributed by atoms with Crippen molar-refractivity contribution in [3.8, 4) is 5.75 Å². The van der Waals surface area contributed by atoms with E-state index in [1.165, 1.54) is 14.2 Å². The Morgan fingerprint density at radius 2 is 1.96 bits per heavy atom. The van der Waals surface area contributed by atoms with E-state index in [4.69, 9.17) is 23.4 Å². The standard InChI is InChI=1S/C16H14O8/c1-20-12-7-4-3-6(22-7)10(12)16(19)24-9-5-8-13(21-2)11(15(17)18)14(9)23-8/h3-5,8,11,13-14H,1-2H3,(H,17,18). The Kier molecular flexibility index (Phi) is 3.26. The van der Waals surface area contributed by atoms with Crippen molar-refractivity contribution in [2.75, 3.05) is 14.2 Å². The van der Waals surface area contributed by atoms with Crippen molar-refractivity contribution >= 4 is 23.1 Å². The summed E-state index contributed by atoms with van der Waals surface area (Å²) in [6.07, 6.45) is -0.452. The molecule has 126 valence electrons. The summed E-state index contributed by atoms with van der Waals surface area (Å²) in [7, 11) is 2.85. The van der Waals surface area contributed by atoms with Gasteiger partial charge in [0.2, 0.25) is 0 Å². The lowest BCUT2D eigenvalue weighted by Gasteiger charge is -2.23. The molecule has 2 aliphatic heterocycles. The van der Waals surface area contributed by atoms with Crippen LogP contribution in [-0.4, -0.2) is 49.6 Å². The minimum absolute atomic E-state index is 0.172. The van der Waals surface area contributed by atoms with Crippen LogP contribution in [0.3, 0.4) is 0 Å². The molecule has 24 heavy (non-hydrogen) atoms. The second kappa shape index (κ2) is 5.22. The van der Waals surface area contributed by atoms with Crippen molar-refractivity contribution in [1.82, 2.24) is 0 Å². The van der Waals surface area contributed by atoms with Gasteiger partial charge in [0.15, 0.2) is 11.3 Å². The maximum atomic E-state index is 12.5. The van der Waals surface area contributed by atoms with Gasteiger partial charge in [0.1, 0.15) is 41.1 Å². The zero-order valence-electron chi connectivity index (χ0n) is 12.8. The molecule has 0 aromatic carbocycles. The zero-order chi connectivity index (χ0) is 17.0. The van der Waals surface area contributed by atoms with Crippen molar-refractivity contribution < 1.29 is 38.1 Å². The fourth-order valence-electron chi connectivity index (χ4n) is 3.37. The number of hydrogen-bond donors (Lipinski definition) is 1. The van der Waals surface area contributed by atoms with Crippen LogP contribution in [0.4, 0.5) is 0 Å². The van der Waals surface area contributed by atoms with Crippen molar-refractivity contribution in [2.24, 2.45) is 5.92 Å². The number of methoxy groups -OCH3 is 2. The monoisotopic (exact) mass is 334 g/mol. The van der Waals surface area contributed by atoms with Crippen LogP contribution in [0.5, 0.6) is 5.75 Å². The highest BCUT2D eigenvalue weighted by molar-refractivity contribution is 6.04. The number of carbonyl (C=O) groups is 2. The van der Waals surface area contributed by atoms with Gasteiger partial charge in [-0.25, -0.2) is 4.79 Å². The van der Waals surface area contributed by atoms with E-state index in [2.05, 4.69) is 0 Å². The first-order valence-corrected chi connectivity index (χ1v) is 7.29. The largest absolute Gasteiger partial charge is 0.492 e. The predicted molar refractivity (Wildman–Crippen MR) is 78.0 cm³/mol. The molecule has 2 aromatic heterocycles. The second-order valence-corrected chi connectivity index (χ2v) is 5.62. The number of esters is 1. The van der Waals surface area contributed by atoms with E-state index in [1.807, 2.05) is 0 Å². The molecule has 8 heteroatoms. The second-order valence-electron chi connectivity index (χ2n) is 5.62. The summed E-state index contributed by atoms with van der Waals surface area (Å²) < 4.78 is 26.7. The molecule has 1 N–H and O–H groups in total. The van der Waals surface area contributed by atoms with Crippen LogP contribution in [0.15, 0.2) is 28.4 Å². The lowest BCUT2D eigenvalue weighted by Crippen LogP contribution is -2.39. The van der Waals surface area contributed by atoms with Crippen LogP contribution in [-0.2, 0) is 19.0 Å². The summed E-state index contributed by atoms with van der Waals surface area (Å²) in [5.74, 6) is -2.20. The van der Waals surface area contributed by atoms with Gasteiger partial charge in [-0.15, -0.1) is 0 Å². The van der Waals surface area contributed by atoms with Gasteiger partial charge in [-0.05, 0) is 18.2 Å². The quantitative estimate of drug-likeness (QED) is 0.819. The number of benzene rings is 1. The van der Waals surface area contributed by atoms with Crippen LogP contribution < -0.4 is 4.74 Å². The third kappa shape index (κ3) is 1.93. The molecular weight excluding hydrogens is 320 g/mol. The van der Waals surface area contributed by atoms with Gasteiger partial charge in [0, 0.05) is 7.11 Å². The van der Waals surface area contributed by atoms with Gasteiger partial charge in [0.25, 0.3) is 0 Å². The molecule has 4 atom stereocenters. The average Bonchev–Trinajstić information content (AvgIpc) is 3.31. The van der Waals surface area contributed by atoms with Crippen LogP contribution in [0.2, 0.25) is 0 Å². The third-order valence-electron chi connectivity index (χ3n) is 4.40. The molecule has 2 aromatic rings. The summed E-state index contributed by atoms with van der Waals surface area (Å²) in [6.45, 7) is 0. The van der Waals surface area contributed by atoms with E-state index >= 15 is 0 Å². The lowest BCUT2D eigenvalue weighted by atomic mass is 9.90. The minimum atomic E-state index is -1.07. The van der Waals surface area contributed by atoms with Gasteiger partial charge in [-0.3, -0.25) is 4.79 Å². The number of fused-ring (bicyclic) bond motifs is 4. The third-order valence-corrected chi connectivity index (χ3v) is 4.40. The maximum absolute atomic E-state index is 12.5. The minimum Gasteiger partial charge on any atom is -0.492 e. The van der Waals surface area contributed by atoms with Gasteiger partial charge >= 0.3 is 11.9 Å². The first-order chi connectivity index (χ1) is 11.5. The molecule has 0 amide bonds. The molecule has 0 radical (unpaired) electrons. The number of aliphatic carboxylic acids is 1. The molecular formula is C16H14O8. The van der Waals surface area contributed by atoms with Gasteiger partial charge in [-0.1, -0.05) is 0 Å². The van der Waals surface area contributed by atoms with E-state index in [9.17, 15) is 14.7 Å². The molecule has 8 nitrogen and oxygen atoms in total. The number of carboxylic acid groups (broad SMARTS) is 1. The molecule has 4 heterocycles. The number of carbonyl (C=O) groups excluding carboxylic acids is 1. The Morgan fingerprint density at radius 3 is 2.62 bits per heavy atom. The number of hydrogen-bond acceptors (Lipinski definition) is 7. The van der Waals surface area contributed by atoms with E-state index in [0.29, 0.717) is 16.9 Å². The first kappa shape index (κ1) is 15.0. The van der Waals surface area contributed by atoms with E-state index in [0.717, 1.165) is 0 Å². The Balaban J connectivity index is 1.60. The Bertz CT molecular complexity index is 834. The smallest absolute Gasteiger partial charge is 0.351 e. The van der Waals surface area contributed by atoms with E-state index < -0.39 is 36.2 Å². The number of carboxylic acids is 1. The summed E-state index contributed by atoms with van der Waals surface area (Å²) >= 11 is 0. The highest BCUT2D eigenvalue weighted by atomic mass is 16.6.